The van der Waals surface area contributed by atoms with Gasteiger partial charge in [-0.15, -0.1) is 0 Å². The van der Waals surface area contributed by atoms with E-state index in [4.69, 9.17) is 0 Å². The van der Waals surface area contributed by atoms with Crippen molar-refractivity contribution in [3.63, 3.8) is 0 Å². The largest absolute Gasteiger partial charge is 0.322 e. The molecule has 1 saturated heterocycles. The number of nitrogens with zero attached hydrogens (tertiary/aromatic N) is 5. The highest BCUT2D eigenvalue weighted by Crippen LogP contribution is 2.35. The smallest absolute Gasteiger partial charge is 0.255 e. The van der Waals surface area contributed by atoms with E-state index in [1.54, 1.807) is 26.5 Å². The second-order valence-electron chi connectivity index (χ2n) is 7.68. The summed E-state index contributed by atoms with van der Waals surface area (Å²) in [4.78, 5) is 38.1. The number of aromatic nitrogens is 4. The topological polar surface area (TPSA) is 102 Å². The molecule has 1 N–H and O–H groups in total. The molecule has 2 aromatic heterocycles. The summed E-state index contributed by atoms with van der Waals surface area (Å²) in [5.41, 5.74) is 5.01. The molecule has 0 spiro atoms. The van der Waals surface area contributed by atoms with E-state index in [9.17, 15) is 14.4 Å². The van der Waals surface area contributed by atoms with Crippen molar-refractivity contribution in [3.05, 3.63) is 47.8 Å². The average molecular weight is 404 g/mol. The van der Waals surface area contributed by atoms with E-state index in [0.29, 0.717) is 18.5 Å². The zero-order valence-corrected chi connectivity index (χ0v) is 16.6. The second kappa shape index (κ2) is 6.65. The van der Waals surface area contributed by atoms with Crippen LogP contribution >= 0.6 is 0 Å². The van der Waals surface area contributed by atoms with Gasteiger partial charge in [-0.3, -0.25) is 29.1 Å². The molecule has 0 aliphatic carbocycles. The van der Waals surface area contributed by atoms with Crippen LogP contribution in [0.4, 0.5) is 0 Å². The number of hydrogen-bond donors (Lipinski definition) is 1. The molecule has 5 rings (SSSR count). The maximum absolute atomic E-state index is 12.9. The van der Waals surface area contributed by atoms with Crippen LogP contribution < -0.4 is 5.32 Å². The molecular weight excluding hydrogens is 384 g/mol. The lowest BCUT2D eigenvalue weighted by Gasteiger charge is -2.29. The molecule has 1 fully saturated rings. The Labute approximate surface area is 172 Å². The minimum Gasteiger partial charge on any atom is -0.322 e. The van der Waals surface area contributed by atoms with Gasteiger partial charge in [0.1, 0.15) is 11.7 Å². The molecule has 9 heteroatoms. The van der Waals surface area contributed by atoms with E-state index < -0.39 is 11.9 Å². The van der Waals surface area contributed by atoms with Crippen molar-refractivity contribution in [2.24, 2.45) is 14.1 Å². The van der Waals surface area contributed by atoms with Gasteiger partial charge in [0.25, 0.3) is 5.91 Å². The Bertz CT molecular complexity index is 1210. The normalized spacial score (nSPS) is 18.7. The van der Waals surface area contributed by atoms with Gasteiger partial charge in [-0.05, 0) is 35.7 Å². The first-order chi connectivity index (χ1) is 14.4. The number of nitrogens with one attached hydrogen (secondary N) is 1. The number of benzene rings is 1. The van der Waals surface area contributed by atoms with Crippen LogP contribution in [0.3, 0.4) is 0 Å². The lowest BCUT2D eigenvalue weighted by atomic mass is 10.00. The van der Waals surface area contributed by atoms with Gasteiger partial charge in [-0.1, -0.05) is 6.07 Å². The highest BCUT2D eigenvalue weighted by Gasteiger charge is 2.39. The zero-order valence-electron chi connectivity index (χ0n) is 16.6. The van der Waals surface area contributed by atoms with Gasteiger partial charge in [0.05, 0.1) is 11.9 Å². The van der Waals surface area contributed by atoms with Gasteiger partial charge in [-0.2, -0.15) is 10.2 Å². The van der Waals surface area contributed by atoms with Crippen LogP contribution in [-0.4, -0.2) is 48.2 Å². The molecule has 0 saturated carbocycles. The third kappa shape index (κ3) is 2.81. The van der Waals surface area contributed by atoms with Crippen LogP contribution in [0.25, 0.3) is 22.5 Å². The lowest BCUT2D eigenvalue weighted by molar-refractivity contribution is -0.136. The molecule has 0 bridgehead atoms. The monoisotopic (exact) mass is 404 g/mol. The third-order valence-electron chi connectivity index (χ3n) is 5.73. The number of carbonyl (C=O) groups is 3. The molecule has 1 aromatic carbocycles. The SMILES string of the molecule is Cn1ccc(-c2c(-c3ccc4c(c3)CN([C@H]3CCC(=O)NC3=O)C4=O)cnn2C)n1. The van der Waals surface area contributed by atoms with Crippen LogP contribution in [0, 0.1) is 0 Å². The maximum Gasteiger partial charge on any atom is 0.255 e. The summed E-state index contributed by atoms with van der Waals surface area (Å²) in [6.07, 6.45) is 4.26. The van der Waals surface area contributed by atoms with Crippen LogP contribution in [0.2, 0.25) is 0 Å². The molecule has 0 radical (unpaired) electrons. The summed E-state index contributed by atoms with van der Waals surface area (Å²) < 4.78 is 3.52. The Kier molecular flexibility index (Phi) is 4.05. The van der Waals surface area contributed by atoms with Crippen LogP contribution in [0.1, 0.15) is 28.8 Å². The lowest BCUT2D eigenvalue weighted by Crippen LogP contribution is -2.52. The van der Waals surface area contributed by atoms with E-state index >= 15 is 0 Å². The number of carbonyl (C=O) groups excluding carboxylic acids is 3. The standard InChI is InChI=1S/C21H20N6O3/c1-25-8-7-16(24-25)19-15(10-22-26(19)2)12-3-4-14-13(9-12)11-27(21(14)30)17-5-6-18(28)23-20(17)29/h3-4,7-10,17H,5-6,11H2,1-2H3,(H,23,28,29)/t17-/m0/s1. The summed E-state index contributed by atoms with van der Waals surface area (Å²) in [5.74, 6) is -0.874. The number of rotatable bonds is 3. The predicted molar refractivity (Wildman–Crippen MR) is 107 cm³/mol. The first kappa shape index (κ1) is 18.3. The number of imide groups is 1. The predicted octanol–water partition coefficient (Wildman–Crippen LogP) is 1.25. The van der Waals surface area contributed by atoms with Crippen molar-refractivity contribution in [3.8, 4) is 22.5 Å². The van der Waals surface area contributed by atoms with Crippen LogP contribution in [0.5, 0.6) is 0 Å². The summed E-state index contributed by atoms with van der Waals surface area (Å²) in [6, 6.07) is 6.99. The number of amides is 3. The highest BCUT2D eigenvalue weighted by molar-refractivity contribution is 6.05. The first-order valence-corrected chi connectivity index (χ1v) is 9.72. The van der Waals surface area contributed by atoms with E-state index in [2.05, 4.69) is 15.5 Å². The molecule has 2 aliphatic heterocycles. The Hall–Kier alpha value is -3.75. The van der Waals surface area contributed by atoms with Gasteiger partial charge in [0, 0.05) is 44.4 Å². The molecule has 1 atom stereocenters. The zero-order chi connectivity index (χ0) is 21.0. The summed E-state index contributed by atoms with van der Waals surface area (Å²) >= 11 is 0. The van der Waals surface area contributed by atoms with Gasteiger partial charge in [0.2, 0.25) is 11.8 Å². The fourth-order valence-corrected chi connectivity index (χ4v) is 4.24. The van der Waals surface area contributed by atoms with Gasteiger partial charge < -0.3 is 4.90 Å². The Balaban J connectivity index is 1.49. The van der Waals surface area contributed by atoms with E-state index in [1.165, 1.54) is 0 Å². The molecule has 3 aromatic rings. The van der Waals surface area contributed by atoms with Crippen molar-refractivity contribution in [2.45, 2.75) is 25.4 Å². The Morgan fingerprint density at radius 3 is 2.67 bits per heavy atom. The molecular formula is C21H20N6O3. The van der Waals surface area contributed by atoms with Crippen molar-refractivity contribution < 1.29 is 14.4 Å². The Morgan fingerprint density at radius 2 is 1.93 bits per heavy atom. The summed E-state index contributed by atoms with van der Waals surface area (Å²) in [7, 11) is 3.74. The average Bonchev–Trinajstić information content (AvgIpc) is 3.39. The minimum atomic E-state index is -0.617. The first-order valence-electron chi connectivity index (χ1n) is 9.72. The molecule has 152 valence electrons. The summed E-state index contributed by atoms with van der Waals surface area (Å²) in [6.45, 7) is 0.341. The number of aryl methyl sites for hydroxylation is 2. The third-order valence-corrected chi connectivity index (χ3v) is 5.73. The quantitative estimate of drug-likeness (QED) is 0.662. The minimum absolute atomic E-state index is 0.179. The fourth-order valence-electron chi connectivity index (χ4n) is 4.24. The van der Waals surface area contributed by atoms with Crippen molar-refractivity contribution >= 4 is 17.7 Å². The van der Waals surface area contributed by atoms with Crippen molar-refractivity contribution in [2.75, 3.05) is 0 Å². The fraction of sp³-hybridized carbons (Fsp3) is 0.286. The number of hydrogen-bond acceptors (Lipinski definition) is 5. The van der Waals surface area contributed by atoms with Gasteiger partial charge >= 0.3 is 0 Å². The van der Waals surface area contributed by atoms with Crippen LogP contribution in [0.15, 0.2) is 36.7 Å². The highest BCUT2D eigenvalue weighted by atomic mass is 16.2. The molecule has 3 amide bonds. The maximum atomic E-state index is 12.9. The van der Waals surface area contributed by atoms with Crippen molar-refractivity contribution in [1.29, 1.82) is 0 Å². The van der Waals surface area contributed by atoms with Gasteiger partial charge in [0.15, 0.2) is 0 Å². The van der Waals surface area contributed by atoms with E-state index in [0.717, 1.165) is 28.1 Å². The molecule has 9 nitrogen and oxygen atoms in total. The van der Waals surface area contributed by atoms with Crippen molar-refractivity contribution in [1.82, 2.24) is 29.8 Å². The number of piperidine rings is 1. The number of fused-ring (bicyclic) bond motifs is 1. The molecule has 0 unspecified atom stereocenters. The van der Waals surface area contributed by atoms with E-state index in [-0.39, 0.29) is 18.2 Å². The second-order valence-corrected chi connectivity index (χ2v) is 7.68. The molecule has 30 heavy (non-hydrogen) atoms. The summed E-state index contributed by atoms with van der Waals surface area (Å²) in [5, 5.41) is 11.2. The van der Waals surface area contributed by atoms with E-state index in [1.807, 2.05) is 38.5 Å². The Morgan fingerprint density at radius 1 is 1.10 bits per heavy atom. The molecule has 4 heterocycles. The molecule has 2 aliphatic rings. The van der Waals surface area contributed by atoms with Gasteiger partial charge in [-0.25, -0.2) is 0 Å². The van der Waals surface area contributed by atoms with Crippen LogP contribution in [-0.2, 0) is 30.2 Å².